The van der Waals surface area contributed by atoms with Crippen molar-refractivity contribution in [2.24, 2.45) is 0 Å². The Balaban J connectivity index is 3.21. The van der Waals surface area contributed by atoms with Crippen molar-refractivity contribution in [3.63, 3.8) is 0 Å². The zero-order valence-electron chi connectivity index (χ0n) is 7.71. The molecule has 0 aromatic heterocycles. The number of hydrogen-bond acceptors (Lipinski definition) is 0. The van der Waals surface area contributed by atoms with Gasteiger partial charge in [-0.15, -0.1) is 14.5 Å². The van der Waals surface area contributed by atoms with Crippen LogP contribution in [0.1, 0.15) is 19.8 Å². The average molecular weight is 170 g/mol. The fourth-order valence-electron chi connectivity index (χ4n) is 0.885. The Morgan fingerprint density at radius 3 is 2.45 bits per heavy atom. The first-order chi connectivity index (χ1) is 5.31. The quantitative estimate of drug-likeness (QED) is 0.421. The fraction of sp³-hybridized carbons (Fsp3) is 0.600. The summed E-state index contributed by atoms with van der Waals surface area (Å²) in [6.45, 7) is 8.19. The maximum Gasteiger partial charge on any atom is -0.0294 e. The topological polar surface area (TPSA) is 0 Å². The number of rotatable bonds is 6. The molecule has 11 heavy (non-hydrogen) atoms. The van der Waals surface area contributed by atoms with E-state index in [-0.39, 0.29) is 7.92 Å². The van der Waals surface area contributed by atoms with E-state index in [2.05, 4.69) is 32.3 Å². The summed E-state index contributed by atoms with van der Waals surface area (Å²) in [4.78, 5) is 0. The van der Waals surface area contributed by atoms with Gasteiger partial charge in [0.25, 0.3) is 0 Å². The molecule has 0 saturated heterocycles. The zero-order valence-corrected chi connectivity index (χ0v) is 8.61. The van der Waals surface area contributed by atoms with Gasteiger partial charge in [-0.05, 0) is 38.8 Å². The van der Waals surface area contributed by atoms with Gasteiger partial charge in [0, 0.05) is 0 Å². The van der Waals surface area contributed by atoms with Crippen LogP contribution in [0.4, 0.5) is 0 Å². The lowest BCUT2D eigenvalue weighted by molar-refractivity contribution is 1.18. The van der Waals surface area contributed by atoms with Crippen LogP contribution < -0.4 is 0 Å². The average Bonchev–Trinajstić information content (AvgIpc) is 2.01. The van der Waals surface area contributed by atoms with E-state index < -0.39 is 0 Å². The number of hydrogen-bond donors (Lipinski definition) is 0. The second-order valence-corrected chi connectivity index (χ2v) is 5.34. The summed E-state index contributed by atoms with van der Waals surface area (Å²) in [5, 5.41) is 0. The van der Waals surface area contributed by atoms with Crippen molar-refractivity contribution in [3.05, 3.63) is 24.8 Å². The van der Waals surface area contributed by atoms with Crippen molar-refractivity contribution >= 4 is 7.92 Å². The van der Waals surface area contributed by atoms with E-state index in [9.17, 15) is 0 Å². The van der Waals surface area contributed by atoms with E-state index in [1.54, 1.807) is 0 Å². The second-order valence-electron chi connectivity index (χ2n) is 2.74. The molecule has 1 heteroatoms. The van der Waals surface area contributed by atoms with Crippen molar-refractivity contribution in [1.82, 2.24) is 0 Å². The lowest BCUT2D eigenvalue weighted by atomic mass is 10.4. The minimum absolute atomic E-state index is 0.279. The van der Waals surface area contributed by atoms with Gasteiger partial charge in [-0.25, -0.2) is 0 Å². The molecule has 1 atom stereocenters. The highest BCUT2D eigenvalue weighted by Crippen LogP contribution is 2.31. The minimum atomic E-state index is 0.279. The first-order valence-electron chi connectivity index (χ1n) is 4.22. The molecular weight excluding hydrogens is 151 g/mol. The largest absolute Gasteiger partial charge is 0.109 e. The molecule has 64 valence electrons. The van der Waals surface area contributed by atoms with Gasteiger partial charge in [-0.2, -0.15) is 0 Å². The Morgan fingerprint density at radius 1 is 1.27 bits per heavy atom. The maximum absolute atomic E-state index is 3.73. The first kappa shape index (κ1) is 10.9. The second kappa shape index (κ2) is 8.01. The summed E-state index contributed by atoms with van der Waals surface area (Å²) < 4.78 is 0. The van der Waals surface area contributed by atoms with Gasteiger partial charge < -0.3 is 0 Å². The van der Waals surface area contributed by atoms with Crippen LogP contribution in [-0.2, 0) is 0 Å². The Bertz CT molecular complexity index is 116. The van der Waals surface area contributed by atoms with Crippen molar-refractivity contribution in [2.75, 3.05) is 19.0 Å². The van der Waals surface area contributed by atoms with E-state index in [1.165, 1.54) is 25.2 Å². The Labute approximate surface area is 72.1 Å². The fourth-order valence-corrected chi connectivity index (χ4v) is 2.32. The normalized spacial score (nSPS) is 13.6. The van der Waals surface area contributed by atoms with Crippen molar-refractivity contribution < 1.29 is 0 Å². The molecule has 0 aliphatic heterocycles. The number of allylic oxidation sites excluding steroid dienone is 3. The molecule has 0 aromatic rings. The highest BCUT2D eigenvalue weighted by molar-refractivity contribution is 7.56. The monoisotopic (exact) mass is 170 g/mol. The third-order valence-corrected chi connectivity index (χ3v) is 3.67. The molecule has 0 amide bonds. The lowest BCUT2D eigenvalue weighted by Crippen LogP contribution is -1.85. The molecule has 0 bridgehead atoms. The van der Waals surface area contributed by atoms with Gasteiger partial charge in [-0.3, -0.25) is 0 Å². The predicted octanol–water partition coefficient (Wildman–Crippen LogP) is 3.64. The third kappa shape index (κ3) is 7.81. The molecule has 0 nitrogen and oxygen atoms in total. The molecule has 0 radical (unpaired) electrons. The van der Waals surface area contributed by atoms with E-state index in [4.69, 9.17) is 0 Å². The van der Waals surface area contributed by atoms with Crippen LogP contribution in [0.15, 0.2) is 24.8 Å². The molecule has 0 rings (SSSR count). The molecule has 0 aliphatic carbocycles. The van der Waals surface area contributed by atoms with Crippen molar-refractivity contribution in [3.8, 4) is 0 Å². The van der Waals surface area contributed by atoms with Crippen LogP contribution in [0.25, 0.3) is 0 Å². The SMILES string of the molecule is C=CCCP(C)CC/C=C\C. The zero-order chi connectivity index (χ0) is 8.53. The van der Waals surface area contributed by atoms with Gasteiger partial charge in [0.05, 0.1) is 0 Å². The van der Waals surface area contributed by atoms with Gasteiger partial charge in [0.1, 0.15) is 0 Å². The van der Waals surface area contributed by atoms with Crippen LogP contribution in [0.5, 0.6) is 0 Å². The molecule has 0 fully saturated rings. The molecule has 0 N–H and O–H groups in total. The molecule has 1 unspecified atom stereocenters. The summed E-state index contributed by atoms with van der Waals surface area (Å²) in [7, 11) is 0.279. The molecule has 0 aliphatic rings. The first-order valence-corrected chi connectivity index (χ1v) is 6.37. The summed E-state index contributed by atoms with van der Waals surface area (Å²) in [5.74, 6) is 0. The van der Waals surface area contributed by atoms with Crippen LogP contribution in [-0.4, -0.2) is 19.0 Å². The smallest absolute Gasteiger partial charge is 0.0294 e. The Hall–Kier alpha value is -0.0900. The summed E-state index contributed by atoms with van der Waals surface area (Å²) in [5.41, 5.74) is 0. The van der Waals surface area contributed by atoms with Gasteiger partial charge in [0.15, 0.2) is 0 Å². The highest BCUT2D eigenvalue weighted by Gasteiger charge is 1.96. The molecule has 0 aromatic carbocycles. The molecule has 0 saturated carbocycles. The van der Waals surface area contributed by atoms with E-state index in [0.717, 1.165) is 0 Å². The van der Waals surface area contributed by atoms with Gasteiger partial charge in [-0.1, -0.05) is 18.2 Å². The Kier molecular flexibility index (Phi) is 7.95. The predicted molar refractivity (Wildman–Crippen MR) is 56.8 cm³/mol. The van der Waals surface area contributed by atoms with Crippen LogP contribution >= 0.6 is 7.92 Å². The molecule has 0 spiro atoms. The van der Waals surface area contributed by atoms with E-state index >= 15 is 0 Å². The summed E-state index contributed by atoms with van der Waals surface area (Å²) in [6, 6.07) is 0. The van der Waals surface area contributed by atoms with Crippen LogP contribution in [0.3, 0.4) is 0 Å². The summed E-state index contributed by atoms with van der Waals surface area (Å²) >= 11 is 0. The minimum Gasteiger partial charge on any atom is -0.109 e. The standard InChI is InChI=1S/C10H19P/c1-4-6-8-10-11(3)9-7-5-2/h4-6H,2,7-10H2,1,3H3/b6-4-. The van der Waals surface area contributed by atoms with Gasteiger partial charge in [0.2, 0.25) is 0 Å². The van der Waals surface area contributed by atoms with E-state index in [0.29, 0.717) is 0 Å². The van der Waals surface area contributed by atoms with Crippen LogP contribution in [0, 0.1) is 0 Å². The van der Waals surface area contributed by atoms with E-state index in [1.807, 2.05) is 6.08 Å². The maximum atomic E-state index is 3.73. The third-order valence-electron chi connectivity index (χ3n) is 1.63. The van der Waals surface area contributed by atoms with Crippen molar-refractivity contribution in [1.29, 1.82) is 0 Å². The van der Waals surface area contributed by atoms with Gasteiger partial charge >= 0.3 is 0 Å². The molecular formula is C10H19P. The molecule has 0 heterocycles. The van der Waals surface area contributed by atoms with Crippen molar-refractivity contribution in [2.45, 2.75) is 19.8 Å². The Morgan fingerprint density at radius 2 is 1.91 bits per heavy atom. The lowest BCUT2D eigenvalue weighted by Gasteiger charge is -2.07. The van der Waals surface area contributed by atoms with Crippen LogP contribution in [0.2, 0.25) is 0 Å². The summed E-state index contributed by atoms with van der Waals surface area (Å²) in [6.07, 6.45) is 11.6. The highest BCUT2D eigenvalue weighted by atomic mass is 31.1.